The topological polar surface area (TPSA) is 0 Å². The minimum atomic E-state index is 0.326. The largest absolute Gasteiger partial charge is 0.178 e. The summed E-state index contributed by atoms with van der Waals surface area (Å²) in [5.41, 5.74) is 0. The Morgan fingerprint density at radius 3 is 1.56 bits per heavy atom. The van der Waals surface area contributed by atoms with Crippen molar-refractivity contribution in [1.82, 2.24) is 0 Å². The van der Waals surface area contributed by atoms with Crippen molar-refractivity contribution in [3.8, 4) is 0 Å². The second-order valence-corrected chi connectivity index (χ2v) is 3.33. The summed E-state index contributed by atoms with van der Waals surface area (Å²) in [4.78, 5) is 0. The maximum atomic E-state index is 4.17. The molecule has 0 aromatic carbocycles. The first-order chi connectivity index (χ1) is 4.18. The lowest BCUT2D eigenvalue weighted by atomic mass is 10.4. The number of rotatable bonds is 2. The second-order valence-electron chi connectivity index (χ2n) is 1.49. The molecule has 0 bridgehead atoms. The van der Waals surface area contributed by atoms with Crippen LogP contribution in [0, 0.1) is 0 Å². The van der Waals surface area contributed by atoms with E-state index in [4.69, 9.17) is 0 Å². The summed E-state index contributed by atoms with van der Waals surface area (Å²) >= 11 is 12.3. The van der Waals surface area contributed by atoms with Gasteiger partial charge in [-0.15, -0.1) is 0 Å². The van der Waals surface area contributed by atoms with Crippen molar-refractivity contribution in [1.29, 1.82) is 0 Å². The molecule has 0 nitrogen and oxygen atoms in total. The van der Waals surface area contributed by atoms with Gasteiger partial charge < -0.3 is 0 Å². The molecule has 2 atom stereocenters. The van der Waals surface area contributed by atoms with Gasteiger partial charge in [-0.05, 0) is 0 Å². The van der Waals surface area contributed by atoms with E-state index in [9.17, 15) is 0 Å². The van der Waals surface area contributed by atoms with E-state index in [0.717, 1.165) is 5.75 Å². The lowest BCUT2D eigenvalue weighted by molar-refractivity contribution is 0.955. The molecule has 0 amide bonds. The van der Waals surface area contributed by atoms with Gasteiger partial charge in [0.25, 0.3) is 0 Å². The van der Waals surface area contributed by atoms with E-state index < -0.39 is 0 Å². The Balaban J connectivity index is 0. The Morgan fingerprint density at radius 2 is 1.56 bits per heavy atom. The van der Waals surface area contributed by atoms with Crippen molar-refractivity contribution in [3.63, 3.8) is 0 Å². The van der Waals surface area contributed by atoms with Crippen LogP contribution in [0.15, 0.2) is 0 Å². The fraction of sp³-hybridized carbons (Fsp3) is 1.00. The van der Waals surface area contributed by atoms with Crippen molar-refractivity contribution in [2.24, 2.45) is 0 Å². The van der Waals surface area contributed by atoms with Gasteiger partial charge in [0, 0.05) is 16.3 Å². The van der Waals surface area contributed by atoms with E-state index in [1.807, 2.05) is 20.8 Å². The van der Waals surface area contributed by atoms with Gasteiger partial charge in [-0.25, -0.2) is 0 Å². The van der Waals surface area contributed by atoms with Gasteiger partial charge in [-0.3, -0.25) is 0 Å². The van der Waals surface area contributed by atoms with Crippen LogP contribution in [0.4, 0.5) is 0 Å². The highest BCUT2D eigenvalue weighted by Gasteiger charge is 2.03. The average molecular weight is 184 g/mol. The van der Waals surface area contributed by atoms with E-state index in [2.05, 4.69) is 37.9 Å². The third-order valence-electron chi connectivity index (χ3n) is 0.744. The normalized spacial score (nSPS) is 15.3. The first kappa shape index (κ1) is 12.7. The molecule has 9 heavy (non-hydrogen) atoms. The number of hydrogen-bond acceptors (Lipinski definition) is 3. The van der Waals surface area contributed by atoms with Gasteiger partial charge in [-0.1, -0.05) is 20.8 Å². The van der Waals surface area contributed by atoms with Gasteiger partial charge in [0.2, 0.25) is 0 Å². The molecule has 0 radical (unpaired) electrons. The molecule has 3 heteroatoms. The van der Waals surface area contributed by atoms with Crippen LogP contribution in [-0.4, -0.2) is 16.3 Å². The van der Waals surface area contributed by atoms with Crippen LogP contribution in [0.1, 0.15) is 20.8 Å². The quantitative estimate of drug-likeness (QED) is 0.540. The van der Waals surface area contributed by atoms with E-state index in [1.165, 1.54) is 0 Å². The molecule has 0 aliphatic heterocycles. The SMILES string of the molecule is CC.CC(S)C(S)CS. The van der Waals surface area contributed by atoms with Crippen LogP contribution in [0.3, 0.4) is 0 Å². The van der Waals surface area contributed by atoms with Crippen molar-refractivity contribution < 1.29 is 0 Å². The molecule has 0 aromatic heterocycles. The zero-order valence-electron chi connectivity index (χ0n) is 6.20. The highest BCUT2D eigenvalue weighted by molar-refractivity contribution is 7.87. The molecule has 0 spiro atoms. The van der Waals surface area contributed by atoms with Crippen LogP contribution in [0.25, 0.3) is 0 Å². The predicted octanol–water partition coefficient (Wildman–Crippen LogP) is 2.56. The Kier molecular flexibility index (Phi) is 12.8. The summed E-state index contributed by atoms with van der Waals surface area (Å²) in [6, 6.07) is 0. The van der Waals surface area contributed by atoms with E-state index in [0.29, 0.717) is 10.5 Å². The molecule has 0 N–H and O–H groups in total. The molecule has 0 rings (SSSR count). The van der Waals surface area contributed by atoms with E-state index >= 15 is 0 Å². The lowest BCUT2D eigenvalue weighted by Gasteiger charge is -2.08. The van der Waals surface area contributed by atoms with Gasteiger partial charge in [0.05, 0.1) is 0 Å². The molecule has 0 heterocycles. The Labute approximate surface area is 75.0 Å². The fourth-order valence-electron chi connectivity index (χ4n) is 0.153. The molecule has 0 aromatic rings. The molecular formula is C6H16S3. The van der Waals surface area contributed by atoms with Crippen molar-refractivity contribution in [2.75, 3.05) is 5.75 Å². The van der Waals surface area contributed by atoms with Crippen molar-refractivity contribution in [3.05, 3.63) is 0 Å². The summed E-state index contributed by atoms with van der Waals surface area (Å²) in [6.45, 7) is 6.01. The smallest absolute Gasteiger partial charge is 0.0219 e. The summed E-state index contributed by atoms with van der Waals surface area (Å²) in [5, 5.41) is 0.674. The predicted molar refractivity (Wildman–Crippen MR) is 56.4 cm³/mol. The zero-order valence-corrected chi connectivity index (χ0v) is 8.89. The second kappa shape index (κ2) is 9.05. The summed E-state index contributed by atoms with van der Waals surface area (Å²) in [6.07, 6.45) is 0. The highest BCUT2D eigenvalue weighted by Crippen LogP contribution is 2.08. The molecule has 58 valence electrons. The third-order valence-corrected chi connectivity index (χ3v) is 2.65. The maximum absolute atomic E-state index is 4.17. The Bertz CT molecular complexity index is 45.6. The first-order valence-electron chi connectivity index (χ1n) is 3.15. The number of hydrogen-bond donors (Lipinski definition) is 3. The van der Waals surface area contributed by atoms with E-state index in [1.54, 1.807) is 0 Å². The molecule has 0 aliphatic carbocycles. The molecule has 0 aliphatic rings. The van der Waals surface area contributed by atoms with Crippen LogP contribution in [0.2, 0.25) is 0 Å². The van der Waals surface area contributed by atoms with Gasteiger partial charge in [0.15, 0.2) is 0 Å². The Morgan fingerprint density at radius 1 is 1.22 bits per heavy atom. The van der Waals surface area contributed by atoms with Crippen molar-refractivity contribution >= 4 is 37.9 Å². The average Bonchev–Trinajstić information content (AvgIpc) is 1.91. The molecule has 2 unspecified atom stereocenters. The van der Waals surface area contributed by atoms with Crippen molar-refractivity contribution in [2.45, 2.75) is 31.3 Å². The Hall–Kier alpha value is 1.05. The maximum Gasteiger partial charge on any atom is 0.0219 e. The first-order valence-corrected chi connectivity index (χ1v) is 4.82. The molecule has 0 fully saturated rings. The van der Waals surface area contributed by atoms with Crippen LogP contribution < -0.4 is 0 Å². The minimum Gasteiger partial charge on any atom is -0.178 e. The van der Waals surface area contributed by atoms with Gasteiger partial charge in [-0.2, -0.15) is 37.9 Å². The van der Waals surface area contributed by atoms with Crippen LogP contribution in [-0.2, 0) is 0 Å². The standard InChI is InChI=1S/C4H10S3.C2H6/c1-3(6)4(7)2-5;1-2/h3-7H,2H2,1H3;1-2H3. The zero-order chi connectivity index (χ0) is 7.86. The van der Waals surface area contributed by atoms with Gasteiger partial charge in [0.1, 0.15) is 0 Å². The third kappa shape index (κ3) is 9.05. The minimum absolute atomic E-state index is 0.326. The monoisotopic (exact) mass is 184 g/mol. The molecule has 0 saturated heterocycles. The molecule has 0 saturated carbocycles. The van der Waals surface area contributed by atoms with Gasteiger partial charge >= 0.3 is 0 Å². The fourth-order valence-corrected chi connectivity index (χ4v) is 0.740. The summed E-state index contributed by atoms with van der Waals surface area (Å²) < 4.78 is 0. The van der Waals surface area contributed by atoms with E-state index in [-0.39, 0.29) is 0 Å². The summed E-state index contributed by atoms with van der Waals surface area (Å²) in [5.74, 6) is 0.799. The lowest BCUT2D eigenvalue weighted by Crippen LogP contribution is -2.11. The molecular weight excluding hydrogens is 168 g/mol. The van der Waals surface area contributed by atoms with Crippen LogP contribution in [0.5, 0.6) is 0 Å². The summed E-state index contributed by atoms with van der Waals surface area (Å²) in [7, 11) is 0. The number of thiol groups is 3. The highest BCUT2D eigenvalue weighted by atomic mass is 32.1. The van der Waals surface area contributed by atoms with Crippen LogP contribution >= 0.6 is 37.9 Å².